The average molecular weight is 417 g/mol. The molecule has 0 atom stereocenters. The molecule has 3 rings (SSSR count). The van der Waals surface area contributed by atoms with E-state index in [0.29, 0.717) is 29.5 Å². The van der Waals surface area contributed by atoms with Gasteiger partial charge in [-0.25, -0.2) is 0 Å². The van der Waals surface area contributed by atoms with E-state index in [-0.39, 0.29) is 18.4 Å². The molecule has 1 aliphatic carbocycles. The Morgan fingerprint density at radius 2 is 1.97 bits per heavy atom. The lowest BCUT2D eigenvalue weighted by Gasteiger charge is -2.13. The smallest absolute Gasteiger partial charge is 0.262 e. The Morgan fingerprint density at radius 1 is 1.17 bits per heavy atom. The average Bonchev–Trinajstić information content (AvgIpc) is 3.07. The molecule has 2 aromatic rings. The van der Waals surface area contributed by atoms with Crippen molar-refractivity contribution in [1.29, 1.82) is 0 Å². The third-order valence-electron chi connectivity index (χ3n) is 5.16. The van der Waals surface area contributed by atoms with Crippen molar-refractivity contribution in [1.82, 2.24) is 5.32 Å². The number of hydrogen-bond donors (Lipinski definition) is 2. The van der Waals surface area contributed by atoms with E-state index in [1.807, 2.05) is 32.0 Å². The maximum absolute atomic E-state index is 12.8. The number of carbonyl (C=O) groups excluding carboxylic acids is 2. The second-order valence-electron chi connectivity index (χ2n) is 7.20. The molecule has 1 aliphatic rings. The van der Waals surface area contributed by atoms with Crippen LogP contribution < -0.4 is 15.4 Å². The van der Waals surface area contributed by atoms with E-state index in [4.69, 9.17) is 9.47 Å². The first kappa shape index (κ1) is 21.3. The molecule has 0 saturated heterocycles. The van der Waals surface area contributed by atoms with Crippen LogP contribution >= 0.6 is 11.3 Å². The SMILES string of the molecule is COCCNC(=O)c1c(NC(=O)COc2cccc(C)c2C)sc2c1CCCC2. The van der Waals surface area contributed by atoms with E-state index in [2.05, 4.69) is 10.6 Å². The lowest BCUT2D eigenvalue weighted by atomic mass is 9.95. The molecule has 1 heterocycles. The van der Waals surface area contributed by atoms with Crippen molar-refractivity contribution >= 4 is 28.2 Å². The van der Waals surface area contributed by atoms with Crippen molar-refractivity contribution in [3.63, 3.8) is 0 Å². The first-order valence-corrected chi connectivity index (χ1v) is 10.7. The number of nitrogens with one attached hydrogen (secondary N) is 2. The first-order valence-electron chi connectivity index (χ1n) is 9.91. The van der Waals surface area contributed by atoms with Gasteiger partial charge in [0.15, 0.2) is 6.61 Å². The molecule has 0 bridgehead atoms. The number of ether oxygens (including phenoxy) is 2. The van der Waals surface area contributed by atoms with E-state index in [0.717, 1.165) is 42.4 Å². The zero-order valence-corrected chi connectivity index (χ0v) is 18.0. The molecule has 6 nitrogen and oxygen atoms in total. The molecule has 2 amide bonds. The van der Waals surface area contributed by atoms with Crippen LogP contribution in [0.1, 0.15) is 44.8 Å². The summed E-state index contributed by atoms with van der Waals surface area (Å²) in [5.41, 5.74) is 3.80. The Bertz CT molecular complexity index is 891. The second-order valence-corrected chi connectivity index (χ2v) is 8.30. The fourth-order valence-corrected chi connectivity index (χ4v) is 4.74. The summed E-state index contributed by atoms with van der Waals surface area (Å²) in [7, 11) is 1.60. The van der Waals surface area contributed by atoms with Crippen molar-refractivity contribution in [3.8, 4) is 5.75 Å². The van der Waals surface area contributed by atoms with Crippen molar-refractivity contribution in [2.75, 3.05) is 32.2 Å². The third-order valence-corrected chi connectivity index (χ3v) is 6.36. The van der Waals surface area contributed by atoms with Gasteiger partial charge >= 0.3 is 0 Å². The molecule has 0 radical (unpaired) electrons. The minimum Gasteiger partial charge on any atom is -0.483 e. The van der Waals surface area contributed by atoms with Crippen LogP contribution in [0.15, 0.2) is 18.2 Å². The van der Waals surface area contributed by atoms with Gasteiger partial charge in [-0.3, -0.25) is 9.59 Å². The molecule has 0 saturated carbocycles. The number of thiophene rings is 1. The van der Waals surface area contributed by atoms with Gasteiger partial charge in [-0.15, -0.1) is 11.3 Å². The number of rotatable bonds is 8. The van der Waals surface area contributed by atoms with Gasteiger partial charge in [0, 0.05) is 18.5 Å². The minimum absolute atomic E-state index is 0.0996. The van der Waals surface area contributed by atoms with Crippen molar-refractivity contribution < 1.29 is 19.1 Å². The highest BCUT2D eigenvalue weighted by atomic mass is 32.1. The number of fused-ring (bicyclic) bond motifs is 1. The third kappa shape index (κ3) is 5.16. The fourth-order valence-electron chi connectivity index (χ4n) is 3.44. The summed E-state index contributed by atoms with van der Waals surface area (Å²) in [6.45, 7) is 4.76. The molecule has 0 aliphatic heterocycles. The van der Waals surface area contributed by atoms with Gasteiger partial charge < -0.3 is 20.1 Å². The Labute approximate surface area is 175 Å². The van der Waals surface area contributed by atoms with E-state index in [1.54, 1.807) is 7.11 Å². The lowest BCUT2D eigenvalue weighted by molar-refractivity contribution is -0.118. The molecule has 1 aromatic carbocycles. The molecule has 0 spiro atoms. The van der Waals surface area contributed by atoms with Crippen LogP contribution in [0.3, 0.4) is 0 Å². The standard InChI is InChI=1S/C22H28N2O4S/c1-14-7-6-9-17(15(14)2)28-13-19(25)24-22-20(21(26)23-11-12-27-3)16-8-4-5-10-18(16)29-22/h6-7,9H,4-5,8,10-13H2,1-3H3,(H,23,26)(H,24,25). The van der Waals surface area contributed by atoms with Crippen LogP contribution in [0.25, 0.3) is 0 Å². The molecule has 7 heteroatoms. The van der Waals surface area contributed by atoms with Crippen LogP contribution in [-0.2, 0) is 22.4 Å². The van der Waals surface area contributed by atoms with E-state index >= 15 is 0 Å². The predicted molar refractivity (Wildman–Crippen MR) is 115 cm³/mol. The zero-order valence-electron chi connectivity index (χ0n) is 17.2. The molecular weight excluding hydrogens is 388 g/mol. The van der Waals surface area contributed by atoms with Crippen LogP contribution in [0.4, 0.5) is 5.00 Å². The van der Waals surface area contributed by atoms with E-state index in [1.165, 1.54) is 16.2 Å². The number of amides is 2. The second kappa shape index (κ2) is 9.89. The van der Waals surface area contributed by atoms with Crippen LogP contribution in [0, 0.1) is 13.8 Å². The first-order chi connectivity index (χ1) is 14.0. The van der Waals surface area contributed by atoms with Gasteiger partial charge in [0.25, 0.3) is 11.8 Å². The number of methoxy groups -OCH3 is 1. The maximum atomic E-state index is 12.8. The van der Waals surface area contributed by atoms with Crippen molar-refractivity contribution in [2.45, 2.75) is 39.5 Å². The Balaban J connectivity index is 1.72. The van der Waals surface area contributed by atoms with Crippen molar-refractivity contribution in [2.24, 2.45) is 0 Å². The van der Waals surface area contributed by atoms with Gasteiger partial charge in [-0.2, -0.15) is 0 Å². The van der Waals surface area contributed by atoms with Gasteiger partial charge in [0.1, 0.15) is 10.8 Å². The van der Waals surface area contributed by atoms with Gasteiger partial charge in [-0.1, -0.05) is 12.1 Å². The normalized spacial score (nSPS) is 12.9. The Morgan fingerprint density at radius 3 is 2.76 bits per heavy atom. The summed E-state index contributed by atoms with van der Waals surface area (Å²) in [5.74, 6) is 0.269. The van der Waals surface area contributed by atoms with Gasteiger partial charge in [-0.05, 0) is 62.3 Å². The number of hydrogen-bond acceptors (Lipinski definition) is 5. The summed E-state index contributed by atoms with van der Waals surface area (Å²) < 4.78 is 10.7. The van der Waals surface area contributed by atoms with Gasteiger partial charge in [0.2, 0.25) is 0 Å². The monoisotopic (exact) mass is 416 g/mol. The summed E-state index contributed by atoms with van der Waals surface area (Å²) in [6, 6.07) is 5.77. The summed E-state index contributed by atoms with van der Waals surface area (Å²) in [6.07, 6.45) is 3.99. The minimum atomic E-state index is -0.268. The summed E-state index contributed by atoms with van der Waals surface area (Å²) in [5, 5.41) is 6.40. The Hall–Kier alpha value is -2.38. The molecule has 1 aromatic heterocycles. The Kier molecular flexibility index (Phi) is 7.28. The lowest BCUT2D eigenvalue weighted by Crippen LogP contribution is -2.29. The zero-order chi connectivity index (χ0) is 20.8. The van der Waals surface area contributed by atoms with Crippen LogP contribution in [0.2, 0.25) is 0 Å². The molecule has 0 unspecified atom stereocenters. The summed E-state index contributed by atoms with van der Waals surface area (Å²) in [4.78, 5) is 26.5. The maximum Gasteiger partial charge on any atom is 0.262 e. The highest BCUT2D eigenvalue weighted by Crippen LogP contribution is 2.38. The highest BCUT2D eigenvalue weighted by molar-refractivity contribution is 7.17. The molecule has 156 valence electrons. The quantitative estimate of drug-likeness (QED) is 0.644. The highest BCUT2D eigenvalue weighted by Gasteiger charge is 2.26. The molecule has 0 fully saturated rings. The number of aryl methyl sites for hydroxylation is 2. The topological polar surface area (TPSA) is 76.7 Å². The van der Waals surface area contributed by atoms with E-state index < -0.39 is 0 Å². The van der Waals surface area contributed by atoms with Crippen molar-refractivity contribution in [3.05, 3.63) is 45.3 Å². The molecule has 29 heavy (non-hydrogen) atoms. The fraction of sp³-hybridized carbons (Fsp3) is 0.455. The molecular formula is C22H28N2O4S. The number of benzene rings is 1. The largest absolute Gasteiger partial charge is 0.483 e. The predicted octanol–water partition coefficient (Wildman–Crippen LogP) is 3.64. The number of anilines is 1. The number of carbonyl (C=O) groups is 2. The van der Waals surface area contributed by atoms with Crippen LogP contribution in [-0.4, -0.2) is 38.7 Å². The van der Waals surface area contributed by atoms with Gasteiger partial charge in [0.05, 0.1) is 12.2 Å². The molecule has 2 N–H and O–H groups in total. The summed E-state index contributed by atoms with van der Waals surface area (Å²) >= 11 is 1.51. The van der Waals surface area contributed by atoms with Crippen LogP contribution in [0.5, 0.6) is 5.75 Å². The van der Waals surface area contributed by atoms with E-state index in [9.17, 15) is 9.59 Å².